The highest BCUT2D eigenvalue weighted by Gasteiger charge is 2.37. The Morgan fingerprint density at radius 2 is 2.15 bits per heavy atom. The van der Waals surface area contributed by atoms with Gasteiger partial charge in [-0.15, -0.1) is 0 Å². The SMILES string of the molecule is O=C(O)c1coc(C(=O)N2CCN3C(=O)CCC3C2)c1. The maximum absolute atomic E-state index is 12.2. The third-order valence-corrected chi connectivity index (χ3v) is 3.84. The van der Waals surface area contributed by atoms with E-state index in [0.29, 0.717) is 26.1 Å². The molecule has 2 amide bonds. The zero-order valence-electron chi connectivity index (χ0n) is 10.7. The fraction of sp³-hybridized carbons (Fsp3) is 0.462. The van der Waals surface area contributed by atoms with Gasteiger partial charge in [0.05, 0.1) is 5.56 Å². The number of hydrogen-bond acceptors (Lipinski definition) is 4. The summed E-state index contributed by atoms with van der Waals surface area (Å²) in [5, 5.41) is 8.81. The highest BCUT2D eigenvalue weighted by molar-refractivity contribution is 5.95. The number of furan rings is 1. The first kappa shape index (κ1) is 12.7. The van der Waals surface area contributed by atoms with E-state index in [2.05, 4.69) is 0 Å². The molecule has 3 rings (SSSR count). The van der Waals surface area contributed by atoms with E-state index in [1.165, 1.54) is 6.07 Å². The number of carbonyl (C=O) groups excluding carboxylic acids is 2. The van der Waals surface area contributed by atoms with Crippen molar-refractivity contribution in [3.05, 3.63) is 23.7 Å². The number of carboxylic acid groups (broad SMARTS) is 1. The number of rotatable bonds is 2. The summed E-state index contributed by atoms with van der Waals surface area (Å²) in [5.74, 6) is -1.27. The molecular weight excluding hydrogens is 264 g/mol. The Labute approximate surface area is 114 Å². The van der Waals surface area contributed by atoms with E-state index in [-0.39, 0.29) is 29.2 Å². The van der Waals surface area contributed by atoms with Crippen molar-refractivity contribution in [3.63, 3.8) is 0 Å². The molecule has 2 fully saturated rings. The maximum Gasteiger partial charge on any atom is 0.338 e. The fourth-order valence-electron chi connectivity index (χ4n) is 2.77. The summed E-state index contributed by atoms with van der Waals surface area (Å²) >= 11 is 0. The van der Waals surface area contributed by atoms with Crippen LogP contribution in [0.3, 0.4) is 0 Å². The Kier molecular flexibility index (Phi) is 2.96. The van der Waals surface area contributed by atoms with E-state index in [4.69, 9.17) is 9.52 Å². The van der Waals surface area contributed by atoms with Crippen molar-refractivity contribution in [1.29, 1.82) is 0 Å². The van der Waals surface area contributed by atoms with Crippen LogP contribution in [-0.2, 0) is 4.79 Å². The number of carbonyl (C=O) groups is 3. The van der Waals surface area contributed by atoms with E-state index in [1.54, 1.807) is 4.90 Å². The molecule has 1 atom stereocenters. The Hall–Kier alpha value is -2.31. The van der Waals surface area contributed by atoms with Crippen LogP contribution in [0.1, 0.15) is 33.8 Å². The molecule has 0 aliphatic carbocycles. The Morgan fingerprint density at radius 1 is 1.35 bits per heavy atom. The molecule has 0 aromatic carbocycles. The summed E-state index contributed by atoms with van der Waals surface area (Å²) in [5.41, 5.74) is -0.0389. The van der Waals surface area contributed by atoms with Crippen LogP contribution in [0.2, 0.25) is 0 Å². The van der Waals surface area contributed by atoms with Crippen molar-refractivity contribution in [2.24, 2.45) is 0 Å². The molecule has 20 heavy (non-hydrogen) atoms. The van der Waals surface area contributed by atoms with Crippen molar-refractivity contribution >= 4 is 17.8 Å². The molecule has 0 spiro atoms. The van der Waals surface area contributed by atoms with Gasteiger partial charge >= 0.3 is 5.97 Å². The van der Waals surface area contributed by atoms with Crippen LogP contribution in [0.5, 0.6) is 0 Å². The van der Waals surface area contributed by atoms with Crippen molar-refractivity contribution in [3.8, 4) is 0 Å². The molecule has 1 N–H and O–H groups in total. The van der Waals surface area contributed by atoms with Crippen molar-refractivity contribution in [2.75, 3.05) is 19.6 Å². The molecule has 1 aromatic heterocycles. The van der Waals surface area contributed by atoms with Gasteiger partial charge < -0.3 is 19.3 Å². The highest BCUT2D eigenvalue weighted by Crippen LogP contribution is 2.24. The monoisotopic (exact) mass is 278 g/mol. The largest absolute Gasteiger partial charge is 0.478 e. The average molecular weight is 278 g/mol. The quantitative estimate of drug-likeness (QED) is 0.846. The van der Waals surface area contributed by atoms with Crippen LogP contribution in [0.25, 0.3) is 0 Å². The second-order valence-electron chi connectivity index (χ2n) is 5.04. The Balaban J connectivity index is 1.71. The van der Waals surface area contributed by atoms with E-state index in [0.717, 1.165) is 12.7 Å². The summed E-state index contributed by atoms with van der Waals surface area (Å²) in [6.07, 6.45) is 2.36. The number of amides is 2. The van der Waals surface area contributed by atoms with Crippen molar-refractivity contribution in [1.82, 2.24) is 9.80 Å². The van der Waals surface area contributed by atoms with E-state index >= 15 is 0 Å². The lowest BCUT2D eigenvalue weighted by atomic mass is 10.1. The van der Waals surface area contributed by atoms with Crippen LogP contribution in [0.4, 0.5) is 0 Å². The smallest absolute Gasteiger partial charge is 0.338 e. The molecule has 1 unspecified atom stereocenters. The second-order valence-corrected chi connectivity index (χ2v) is 5.04. The summed E-state index contributed by atoms with van der Waals surface area (Å²) < 4.78 is 5.02. The number of nitrogens with zero attached hydrogens (tertiary/aromatic N) is 2. The predicted octanol–water partition coefficient (Wildman–Crippen LogP) is 0.425. The van der Waals surface area contributed by atoms with Gasteiger partial charge in [-0.25, -0.2) is 4.79 Å². The number of piperazine rings is 1. The molecule has 2 saturated heterocycles. The highest BCUT2D eigenvalue weighted by atomic mass is 16.4. The van der Waals surface area contributed by atoms with Gasteiger partial charge in [0.1, 0.15) is 6.26 Å². The average Bonchev–Trinajstić information content (AvgIpc) is 3.05. The topological polar surface area (TPSA) is 91.1 Å². The van der Waals surface area contributed by atoms with E-state index < -0.39 is 5.97 Å². The van der Waals surface area contributed by atoms with Gasteiger partial charge in [-0.1, -0.05) is 0 Å². The molecule has 2 aliphatic rings. The number of hydrogen-bond donors (Lipinski definition) is 1. The standard InChI is InChI=1S/C13H14N2O5/c16-11-2-1-9-6-14(3-4-15(9)11)12(17)10-5-8(7-20-10)13(18)19/h5,7,9H,1-4,6H2,(H,18,19). The van der Waals surface area contributed by atoms with Gasteiger partial charge in [-0.3, -0.25) is 9.59 Å². The minimum absolute atomic E-state index is 0.0279. The maximum atomic E-state index is 12.2. The third kappa shape index (κ3) is 2.04. The fourth-order valence-corrected chi connectivity index (χ4v) is 2.77. The minimum Gasteiger partial charge on any atom is -0.478 e. The molecule has 7 heteroatoms. The summed E-state index contributed by atoms with van der Waals surface area (Å²) in [7, 11) is 0. The molecule has 106 valence electrons. The zero-order chi connectivity index (χ0) is 14.3. The third-order valence-electron chi connectivity index (χ3n) is 3.84. The van der Waals surface area contributed by atoms with Crippen LogP contribution < -0.4 is 0 Å². The zero-order valence-corrected chi connectivity index (χ0v) is 10.7. The summed E-state index contributed by atoms with van der Waals surface area (Å²) in [4.78, 5) is 38.0. The van der Waals surface area contributed by atoms with Gasteiger partial charge in [0, 0.05) is 38.2 Å². The van der Waals surface area contributed by atoms with Gasteiger partial charge in [0.25, 0.3) is 5.91 Å². The summed E-state index contributed by atoms with van der Waals surface area (Å²) in [6.45, 7) is 1.46. The minimum atomic E-state index is -1.13. The van der Waals surface area contributed by atoms with Gasteiger partial charge in [0.15, 0.2) is 5.76 Å². The Morgan fingerprint density at radius 3 is 2.85 bits per heavy atom. The van der Waals surface area contributed by atoms with Crippen LogP contribution in [-0.4, -0.2) is 58.4 Å². The lowest BCUT2D eigenvalue weighted by Crippen LogP contribution is -2.53. The molecule has 3 heterocycles. The normalized spacial score (nSPS) is 22.0. The van der Waals surface area contributed by atoms with Crippen molar-refractivity contribution in [2.45, 2.75) is 18.9 Å². The second kappa shape index (κ2) is 4.66. The van der Waals surface area contributed by atoms with Crippen LogP contribution in [0.15, 0.2) is 16.7 Å². The number of fused-ring (bicyclic) bond motifs is 1. The number of carboxylic acids is 1. The molecule has 2 aliphatic heterocycles. The first-order valence-corrected chi connectivity index (χ1v) is 6.47. The first-order valence-electron chi connectivity index (χ1n) is 6.47. The summed E-state index contributed by atoms with van der Waals surface area (Å²) in [6, 6.07) is 1.31. The predicted molar refractivity (Wildman–Crippen MR) is 66.3 cm³/mol. The molecule has 0 radical (unpaired) electrons. The molecule has 0 saturated carbocycles. The molecular formula is C13H14N2O5. The van der Waals surface area contributed by atoms with E-state index in [9.17, 15) is 14.4 Å². The lowest BCUT2D eigenvalue weighted by molar-refractivity contribution is -0.130. The van der Waals surface area contributed by atoms with Crippen LogP contribution in [0, 0.1) is 0 Å². The first-order chi connectivity index (χ1) is 9.56. The molecule has 7 nitrogen and oxygen atoms in total. The van der Waals surface area contributed by atoms with Crippen LogP contribution >= 0.6 is 0 Å². The lowest BCUT2D eigenvalue weighted by Gasteiger charge is -2.37. The van der Waals surface area contributed by atoms with Crippen molar-refractivity contribution < 1.29 is 23.9 Å². The molecule has 0 bridgehead atoms. The van der Waals surface area contributed by atoms with Gasteiger partial charge in [-0.2, -0.15) is 0 Å². The van der Waals surface area contributed by atoms with Gasteiger partial charge in [0.2, 0.25) is 5.91 Å². The Bertz CT molecular complexity index is 579. The number of aromatic carboxylic acids is 1. The van der Waals surface area contributed by atoms with E-state index in [1.807, 2.05) is 4.90 Å². The molecule has 1 aromatic rings. The van der Waals surface area contributed by atoms with Gasteiger partial charge in [-0.05, 0) is 6.42 Å².